The number of amides is 2. The first kappa shape index (κ1) is 12.8. The molecule has 0 bridgehead atoms. The van der Waals surface area contributed by atoms with Crippen molar-refractivity contribution in [3.05, 3.63) is 34.3 Å². The zero-order valence-corrected chi connectivity index (χ0v) is 11.8. The van der Waals surface area contributed by atoms with Crippen molar-refractivity contribution in [3.8, 4) is 0 Å². The first-order valence-electron chi connectivity index (χ1n) is 5.61. The number of primary amides is 1. The van der Waals surface area contributed by atoms with Crippen molar-refractivity contribution in [2.45, 2.75) is 24.5 Å². The maximum Gasteiger partial charge on any atom is 0.322 e. The first-order chi connectivity index (χ1) is 8.15. The van der Waals surface area contributed by atoms with Crippen molar-refractivity contribution in [1.82, 2.24) is 4.72 Å². The minimum atomic E-state index is -0.479. The van der Waals surface area contributed by atoms with Crippen LogP contribution < -0.4 is 10.5 Å². The van der Waals surface area contributed by atoms with Crippen molar-refractivity contribution in [2.24, 2.45) is 11.7 Å². The van der Waals surface area contributed by atoms with E-state index in [1.807, 2.05) is 12.1 Å². The minimum absolute atomic E-state index is 0.295. The van der Waals surface area contributed by atoms with E-state index >= 15 is 0 Å². The number of carbonyl (C=O) groups is 1. The minimum Gasteiger partial charge on any atom is -0.351 e. The summed E-state index contributed by atoms with van der Waals surface area (Å²) in [6, 6.07) is 7.76. The van der Waals surface area contributed by atoms with Crippen molar-refractivity contribution >= 4 is 33.9 Å². The monoisotopic (exact) mass is 314 g/mol. The Morgan fingerprint density at radius 2 is 2.12 bits per heavy atom. The topological polar surface area (TPSA) is 55.1 Å². The normalized spacial score (nSPS) is 16.5. The number of nitrogens with two attached hydrogens (primary N) is 1. The third-order valence-electron chi connectivity index (χ3n) is 2.79. The molecule has 1 aliphatic rings. The number of urea groups is 1. The molecule has 17 heavy (non-hydrogen) atoms. The van der Waals surface area contributed by atoms with Crippen LogP contribution in [0.5, 0.6) is 0 Å². The molecule has 0 aromatic heterocycles. The summed E-state index contributed by atoms with van der Waals surface area (Å²) >= 11 is 4.84. The lowest BCUT2D eigenvalue weighted by Crippen LogP contribution is -2.24. The summed E-state index contributed by atoms with van der Waals surface area (Å²) in [5, 5.41) is 0.295. The van der Waals surface area contributed by atoms with Gasteiger partial charge in [-0.25, -0.2) is 4.79 Å². The van der Waals surface area contributed by atoms with Gasteiger partial charge in [0.1, 0.15) is 0 Å². The van der Waals surface area contributed by atoms with Crippen LogP contribution in [-0.4, -0.2) is 6.03 Å². The highest BCUT2D eigenvalue weighted by Crippen LogP contribution is 2.42. The number of benzene rings is 1. The molecule has 0 saturated heterocycles. The third kappa shape index (κ3) is 4.24. The van der Waals surface area contributed by atoms with Crippen molar-refractivity contribution in [1.29, 1.82) is 0 Å². The number of hydrogen-bond donors (Lipinski definition) is 2. The molecule has 1 aromatic carbocycles. The molecular weight excluding hydrogens is 300 g/mol. The highest BCUT2D eigenvalue weighted by Gasteiger charge is 2.27. The molecule has 1 aromatic rings. The van der Waals surface area contributed by atoms with Gasteiger partial charge in [0.25, 0.3) is 0 Å². The predicted molar refractivity (Wildman–Crippen MR) is 74.5 cm³/mol. The Labute approximate surface area is 114 Å². The van der Waals surface area contributed by atoms with Gasteiger partial charge in [0.15, 0.2) is 0 Å². The number of halogens is 1. The fourth-order valence-electron chi connectivity index (χ4n) is 1.72. The predicted octanol–water partition coefficient (Wildman–Crippen LogP) is 3.61. The van der Waals surface area contributed by atoms with E-state index in [4.69, 9.17) is 5.73 Å². The Balaban J connectivity index is 2.02. The molecule has 1 saturated carbocycles. The van der Waals surface area contributed by atoms with E-state index in [-0.39, 0.29) is 0 Å². The van der Waals surface area contributed by atoms with Crippen LogP contribution in [-0.2, 0) is 0 Å². The van der Waals surface area contributed by atoms with E-state index in [2.05, 4.69) is 32.8 Å². The van der Waals surface area contributed by atoms with Crippen LogP contribution in [0.4, 0.5) is 4.79 Å². The Morgan fingerprint density at radius 3 is 2.65 bits per heavy atom. The molecule has 92 valence electrons. The summed E-state index contributed by atoms with van der Waals surface area (Å²) in [5.74, 6) is 0.811. The van der Waals surface area contributed by atoms with Crippen molar-refractivity contribution < 1.29 is 4.79 Å². The zero-order chi connectivity index (χ0) is 12.3. The van der Waals surface area contributed by atoms with Crippen LogP contribution in [0.1, 0.15) is 30.1 Å². The van der Waals surface area contributed by atoms with E-state index in [1.54, 1.807) is 0 Å². The van der Waals surface area contributed by atoms with Gasteiger partial charge in [-0.15, -0.1) is 0 Å². The second kappa shape index (κ2) is 5.78. The zero-order valence-electron chi connectivity index (χ0n) is 9.36. The smallest absolute Gasteiger partial charge is 0.322 e. The van der Waals surface area contributed by atoms with Gasteiger partial charge in [-0.1, -0.05) is 40.9 Å². The van der Waals surface area contributed by atoms with Crippen LogP contribution in [0.3, 0.4) is 0 Å². The second-order valence-corrected chi connectivity index (χ2v) is 6.23. The second-order valence-electron chi connectivity index (χ2n) is 4.30. The maximum absolute atomic E-state index is 10.8. The van der Waals surface area contributed by atoms with E-state index in [0.29, 0.717) is 5.25 Å². The summed E-state index contributed by atoms with van der Waals surface area (Å²) in [4.78, 5) is 10.8. The van der Waals surface area contributed by atoms with Crippen molar-refractivity contribution in [3.63, 3.8) is 0 Å². The fraction of sp³-hybridized carbons (Fsp3) is 0.417. The van der Waals surface area contributed by atoms with Crippen LogP contribution in [0.25, 0.3) is 0 Å². The fourth-order valence-corrected chi connectivity index (χ4v) is 2.90. The SMILES string of the molecule is NC(=O)NS[C@@H](CC1CC1)c1ccc(Br)cc1. The molecule has 0 spiro atoms. The highest BCUT2D eigenvalue weighted by molar-refractivity contribution is 9.10. The summed E-state index contributed by atoms with van der Waals surface area (Å²) in [5.41, 5.74) is 6.35. The molecule has 0 radical (unpaired) electrons. The molecule has 0 unspecified atom stereocenters. The van der Waals surface area contributed by atoms with Gasteiger partial charge in [0.05, 0.1) is 0 Å². The molecule has 2 rings (SSSR count). The first-order valence-corrected chi connectivity index (χ1v) is 7.29. The summed E-state index contributed by atoms with van der Waals surface area (Å²) in [7, 11) is 0. The number of carbonyl (C=O) groups excluding carboxylic acids is 1. The summed E-state index contributed by atoms with van der Waals surface area (Å²) in [6.07, 6.45) is 3.72. The molecule has 3 N–H and O–H groups in total. The lowest BCUT2D eigenvalue weighted by atomic mass is 10.1. The number of hydrogen-bond acceptors (Lipinski definition) is 2. The van der Waals surface area contributed by atoms with Crippen LogP contribution >= 0.6 is 27.9 Å². The standard InChI is InChI=1S/C12H15BrN2OS/c13-10-5-3-9(4-6-10)11(7-8-1-2-8)17-15-12(14)16/h3-6,8,11H,1-2,7H2,(H3,14,15,16)/t11-/m0/s1. The average molecular weight is 315 g/mol. The highest BCUT2D eigenvalue weighted by atomic mass is 79.9. The summed E-state index contributed by atoms with van der Waals surface area (Å²) < 4.78 is 3.70. The van der Waals surface area contributed by atoms with Crippen LogP contribution in [0, 0.1) is 5.92 Å². The lowest BCUT2D eigenvalue weighted by Gasteiger charge is -2.16. The molecule has 1 aliphatic carbocycles. The Hall–Kier alpha value is -0.680. The number of nitrogens with one attached hydrogen (secondary N) is 1. The maximum atomic E-state index is 10.8. The van der Waals surface area contributed by atoms with E-state index < -0.39 is 6.03 Å². The molecule has 2 amide bonds. The van der Waals surface area contributed by atoms with Gasteiger partial charge < -0.3 is 5.73 Å². The van der Waals surface area contributed by atoms with Gasteiger partial charge in [-0.3, -0.25) is 4.72 Å². The Morgan fingerprint density at radius 1 is 1.47 bits per heavy atom. The molecular formula is C12H15BrN2OS. The average Bonchev–Trinajstić information content (AvgIpc) is 3.09. The Kier molecular flexibility index (Phi) is 4.34. The van der Waals surface area contributed by atoms with Gasteiger partial charge in [-0.05, 0) is 42.0 Å². The molecule has 1 atom stereocenters. The molecule has 0 aliphatic heterocycles. The largest absolute Gasteiger partial charge is 0.351 e. The van der Waals surface area contributed by atoms with Gasteiger partial charge in [0.2, 0.25) is 0 Å². The van der Waals surface area contributed by atoms with Crippen molar-refractivity contribution in [2.75, 3.05) is 0 Å². The van der Waals surface area contributed by atoms with Crippen LogP contribution in [0.2, 0.25) is 0 Å². The molecule has 1 fully saturated rings. The quantitative estimate of drug-likeness (QED) is 0.816. The van der Waals surface area contributed by atoms with E-state index in [9.17, 15) is 4.79 Å². The third-order valence-corrected chi connectivity index (χ3v) is 4.38. The summed E-state index contributed by atoms with van der Waals surface area (Å²) in [6.45, 7) is 0. The molecule has 5 heteroatoms. The van der Waals surface area contributed by atoms with Gasteiger partial charge >= 0.3 is 6.03 Å². The number of rotatable bonds is 5. The Bertz CT molecular complexity index is 392. The van der Waals surface area contributed by atoms with Crippen LogP contribution in [0.15, 0.2) is 28.7 Å². The van der Waals surface area contributed by atoms with E-state index in [0.717, 1.165) is 16.8 Å². The van der Waals surface area contributed by atoms with Gasteiger partial charge in [0, 0.05) is 9.72 Å². The van der Waals surface area contributed by atoms with Gasteiger partial charge in [-0.2, -0.15) is 0 Å². The molecule has 3 nitrogen and oxygen atoms in total. The lowest BCUT2D eigenvalue weighted by molar-refractivity contribution is 0.254. The van der Waals surface area contributed by atoms with E-state index in [1.165, 1.54) is 30.4 Å². The molecule has 0 heterocycles.